The molecule has 0 aromatic heterocycles. The van der Waals surface area contributed by atoms with Crippen molar-refractivity contribution in [1.82, 2.24) is 0 Å². The van der Waals surface area contributed by atoms with Crippen LogP contribution in [0.1, 0.15) is 0 Å². The summed E-state index contributed by atoms with van der Waals surface area (Å²) >= 11 is 0. The fraction of sp³-hybridized carbons (Fsp3) is 0. The van der Waals surface area contributed by atoms with E-state index in [1.165, 1.54) is 0 Å². The molecule has 0 radical (unpaired) electrons. The van der Waals surface area contributed by atoms with Gasteiger partial charge in [0.05, 0.1) is 0 Å². The Morgan fingerprint density at radius 1 is 0.545 bits per heavy atom. The largest absolute Gasteiger partial charge is 0.204 e. The van der Waals surface area contributed by atoms with Crippen molar-refractivity contribution < 1.29 is 13.2 Å². The molecule has 0 N–H and O–H groups in total. The van der Waals surface area contributed by atoms with Gasteiger partial charge in [0.1, 0.15) is 0 Å². The lowest BCUT2D eigenvalue weighted by atomic mass is 10.3. The Labute approximate surface area is 128 Å². The van der Waals surface area contributed by atoms with Crippen LogP contribution in [0.2, 0.25) is 0 Å². The Hall–Kier alpha value is -2.12. The van der Waals surface area contributed by atoms with E-state index in [-0.39, 0.29) is 0 Å². The molecular weight excluding hydrogens is 304 g/mol. The molecule has 4 heteroatoms. The molecule has 0 aliphatic heterocycles. The summed E-state index contributed by atoms with van der Waals surface area (Å²) in [7, 11) is -1.14. The maximum atomic E-state index is 13.6. The second kappa shape index (κ2) is 6.33. The highest BCUT2D eigenvalue weighted by Crippen LogP contribution is 2.33. The summed E-state index contributed by atoms with van der Waals surface area (Å²) in [4.78, 5) is 0. The highest BCUT2D eigenvalue weighted by molar-refractivity contribution is 7.79. The Bertz CT molecular complexity index is 710. The van der Waals surface area contributed by atoms with E-state index in [9.17, 15) is 13.2 Å². The molecule has 0 nitrogen and oxygen atoms in total. The number of halogens is 3. The fourth-order valence-corrected chi connectivity index (χ4v) is 4.59. The maximum absolute atomic E-state index is 13.6. The zero-order valence-corrected chi connectivity index (χ0v) is 12.4. The van der Waals surface area contributed by atoms with E-state index in [4.69, 9.17) is 0 Å². The Morgan fingerprint density at radius 3 is 1.36 bits per heavy atom. The first-order chi connectivity index (χ1) is 10.7. The minimum Gasteiger partial charge on any atom is -0.204 e. The van der Waals surface area contributed by atoms with E-state index in [2.05, 4.69) is 0 Å². The van der Waals surface area contributed by atoms with Gasteiger partial charge in [-0.25, -0.2) is 13.2 Å². The van der Waals surface area contributed by atoms with Crippen molar-refractivity contribution in [2.45, 2.75) is 0 Å². The molecule has 0 heterocycles. The Morgan fingerprint density at radius 2 is 0.955 bits per heavy atom. The zero-order valence-electron chi connectivity index (χ0n) is 11.5. The van der Waals surface area contributed by atoms with Crippen LogP contribution in [0, 0.1) is 17.5 Å². The van der Waals surface area contributed by atoms with Gasteiger partial charge in [-0.2, -0.15) is 0 Å². The summed E-state index contributed by atoms with van der Waals surface area (Å²) in [6.07, 6.45) is 0. The van der Waals surface area contributed by atoms with E-state index in [1.807, 2.05) is 60.7 Å². The maximum Gasteiger partial charge on any atom is 0.194 e. The summed E-state index contributed by atoms with van der Waals surface area (Å²) in [6, 6.07) is 21.1. The van der Waals surface area contributed by atoms with Gasteiger partial charge in [-0.3, -0.25) is 0 Å². The highest BCUT2D eigenvalue weighted by atomic mass is 31.1. The summed E-state index contributed by atoms with van der Waals surface area (Å²) in [6.45, 7) is 0. The van der Waals surface area contributed by atoms with E-state index in [0.29, 0.717) is 5.30 Å². The lowest BCUT2D eigenvalue weighted by molar-refractivity contribution is 0.448. The van der Waals surface area contributed by atoms with Gasteiger partial charge >= 0.3 is 0 Å². The average molecular weight is 316 g/mol. The molecule has 0 bridgehead atoms. The Kier molecular flexibility index (Phi) is 4.26. The van der Waals surface area contributed by atoms with E-state index >= 15 is 0 Å². The van der Waals surface area contributed by atoms with Gasteiger partial charge in [0.2, 0.25) is 0 Å². The number of hydrogen-bond acceptors (Lipinski definition) is 0. The number of rotatable bonds is 3. The number of hydrogen-bond donors (Lipinski definition) is 0. The molecule has 0 spiro atoms. The molecule has 0 unspecified atom stereocenters. The average Bonchev–Trinajstić information content (AvgIpc) is 2.55. The first-order valence-electron chi connectivity index (χ1n) is 6.71. The molecular formula is C18H12F3P. The highest BCUT2D eigenvalue weighted by Gasteiger charge is 2.20. The van der Waals surface area contributed by atoms with Crippen LogP contribution in [0.4, 0.5) is 13.2 Å². The molecule has 110 valence electrons. The van der Waals surface area contributed by atoms with E-state index in [1.54, 1.807) is 0 Å². The molecule has 22 heavy (non-hydrogen) atoms. The van der Waals surface area contributed by atoms with E-state index in [0.717, 1.165) is 22.7 Å². The molecule has 0 saturated carbocycles. The minimum absolute atomic E-state index is 0.448. The van der Waals surface area contributed by atoms with Gasteiger partial charge in [-0.05, 0) is 36.0 Å². The van der Waals surface area contributed by atoms with Crippen LogP contribution in [-0.4, -0.2) is 0 Å². The van der Waals surface area contributed by atoms with Crippen LogP contribution in [0.15, 0.2) is 72.8 Å². The lowest BCUT2D eigenvalue weighted by Gasteiger charge is -2.19. The van der Waals surface area contributed by atoms with Crippen LogP contribution in [0.25, 0.3) is 0 Å². The van der Waals surface area contributed by atoms with Crippen molar-refractivity contribution in [3.05, 3.63) is 90.2 Å². The summed E-state index contributed by atoms with van der Waals surface area (Å²) in [5.41, 5.74) is 0. The lowest BCUT2D eigenvalue weighted by Crippen LogP contribution is -2.21. The van der Waals surface area contributed by atoms with Crippen LogP contribution in [0.5, 0.6) is 0 Å². The molecule has 3 rings (SSSR count). The second-order valence-electron chi connectivity index (χ2n) is 4.73. The van der Waals surface area contributed by atoms with E-state index < -0.39 is 25.4 Å². The molecule has 3 aromatic carbocycles. The number of benzene rings is 3. The van der Waals surface area contributed by atoms with Crippen molar-refractivity contribution in [1.29, 1.82) is 0 Å². The minimum atomic E-state index is -1.43. The quantitative estimate of drug-likeness (QED) is 0.508. The van der Waals surface area contributed by atoms with Gasteiger partial charge in [0, 0.05) is 0 Å². The van der Waals surface area contributed by atoms with Gasteiger partial charge in [-0.1, -0.05) is 60.7 Å². The van der Waals surface area contributed by atoms with Crippen LogP contribution >= 0.6 is 7.92 Å². The van der Waals surface area contributed by atoms with Gasteiger partial charge in [-0.15, -0.1) is 0 Å². The van der Waals surface area contributed by atoms with Gasteiger partial charge in [0.25, 0.3) is 0 Å². The smallest absolute Gasteiger partial charge is 0.194 e. The topological polar surface area (TPSA) is 0 Å². The summed E-state index contributed by atoms with van der Waals surface area (Å²) in [5.74, 6) is -3.75. The molecule has 3 aromatic rings. The van der Waals surface area contributed by atoms with Crippen molar-refractivity contribution in [3.63, 3.8) is 0 Å². The second-order valence-corrected chi connectivity index (χ2v) is 6.95. The van der Waals surface area contributed by atoms with Crippen molar-refractivity contribution in [2.75, 3.05) is 0 Å². The molecule has 0 fully saturated rings. The molecule has 0 saturated heterocycles. The fourth-order valence-electron chi connectivity index (χ4n) is 2.27. The summed E-state index contributed by atoms with van der Waals surface area (Å²) in [5, 5.41) is 2.35. The molecule has 0 amide bonds. The SMILES string of the molecule is Fc1cc(P(c2ccccc2)c2ccccc2)cc(F)c1F. The first kappa shape index (κ1) is 14.8. The van der Waals surface area contributed by atoms with Gasteiger partial charge < -0.3 is 0 Å². The zero-order chi connectivity index (χ0) is 15.5. The standard InChI is InChI=1S/C18H12F3P/c19-16-11-15(12-17(20)18(16)21)22(13-7-3-1-4-8-13)14-9-5-2-6-10-14/h1-12H. The summed E-state index contributed by atoms with van der Waals surface area (Å²) < 4.78 is 40.5. The third-order valence-electron chi connectivity index (χ3n) is 3.26. The van der Waals surface area contributed by atoms with Crippen molar-refractivity contribution in [3.8, 4) is 0 Å². The third kappa shape index (κ3) is 2.90. The van der Waals surface area contributed by atoms with Crippen molar-refractivity contribution >= 4 is 23.8 Å². The first-order valence-corrected chi connectivity index (χ1v) is 8.06. The van der Waals surface area contributed by atoms with Crippen LogP contribution < -0.4 is 15.9 Å². The van der Waals surface area contributed by atoms with Crippen LogP contribution in [0.3, 0.4) is 0 Å². The predicted octanol–water partition coefficient (Wildman–Crippen LogP) is 3.86. The predicted molar refractivity (Wildman–Crippen MR) is 85.0 cm³/mol. The Balaban J connectivity index is 2.19. The van der Waals surface area contributed by atoms with Crippen LogP contribution in [-0.2, 0) is 0 Å². The molecule has 0 atom stereocenters. The molecule has 0 aliphatic carbocycles. The molecule has 0 aliphatic rings. The van der Waals surface area contributed by atoms with Gasteiger partial charge in [0.15, 0.2) is 17.5 Å². The third-order valence-corrected chi connectivity index (χ3v) is 5.66. The van der Waals surface area contributed by atoms with Crippen molar-refractivity contribution in [2.24, 2.45) is 0 Å². The monoisotopic (exact) mass is 316 g/mol. The normalized spacial score (nSPS) is 10.9.